The van der Waals surface area contributed by atoms with Crippen molar-refractivity contribution in [1.29, 1.82) is 0 Å². The van der Waals surface area contributed by atoms with Gasteiger partial charge in [-0.1, -0.05) is 24.3 Å². The van der Waals surface area contributed by atoms with Crippen LogP contribution in [0.4, 0.5) is 5.69 Å². The minimum Gasteiger partial charge on any atom is -0.694 e. The second kappa shape index (κ2) is 14.0. The van der Waals surface area contributed by atoms with Gasteiger partial charge in [0, 0.05) is 7.92 Å². The van der Waals surface area contributed by atoms with Gasteiger partial charge in [-0.05, 0) is 62.3 Å². The van der Waals surface area contributed by atoms with Gasteiger partial charge in [0.15, 0.2) is 0 Å². The molecule has 0 saturated heterocycles. The van der Waals surface area contributed by atoms with Gasteiger partial charge in [0.05, 0.1) is 21.7 Å². The van der Waals surface area contributed by atoms with Crippen LogP contribution >= 0.6 is 7.92 Å². The molecule has 33 heavy (non-hydrogen) atoms. The summed E-state index contributed by atoms with van der Waals surface area (Å²) in [6, 6.07) is 19.2. The van der Waals surface area contributed by atoms with Gasteiger partial charge in [0.2, 0.25) is 0 Å². The summed E-state index contributed by atoms with van der Waals surface area (Å²) in [5.41, 5.74) is 3.24. The SMILES string of the molecule is CC(C)(C)[PH+](C(C)(C)C)C(C)(C)C.CS(=O)(=O)O.C[N-]c1ccccc1-c1[c-]cccc1.[Pd+2]. The summed E-state index contributed by atoms with van der Waals surface area (Å²) in [6.07, 6.45) is 0.715. The summed E-state index contributed by atoms with van der Waals surface area (Å²) in [4.78, 5) is 0. The molecule has 1 N–H and O–H groups in total. The van der Waals surface area contributed by atoms with Crippen LogP contribution in [0, 0.1) is 6.07 Å². The predicted molar refractivity (Wildman–Crippen MR) is 145 cm³/mol. The van der Waals surface area contributed by atoms with Crippen LogP contribution in [-0.4, -0.2) is 41.7 Å². The van der Waals surface area contributed by atoms with Gasteiger partial charge in [-0.2, -0.15) is 14.1 Å². The van der Waals surface area contributed by atoms with E-state index in [1.807, 2.05) is 49.5 Å². The summed E-state index contributed by atoms with van der Waals surface area (Å²) in [5, 5.41) is 5.69. The van der Waals surface area contributed by atoms with Crippen molar-refractivity contribution in [3.05, 3.63) is 59.9 Å². The van der Waals surface area contributed by atoms with Crippen molar-refractivity contribution >= 4 is 23.7 Å². The third-order valence-corrected chi connectivity index (χ3v) is 8.89. The van der Waals surface area contributed by atoms with Gasteiger partial charge in [0.1, 0.15) is 0 Å². The zero-order valence-corrected chi connectivity index (χ0v) is 25.4. The Morgan fingerprint density at radius 3 is 1.52 bits per heavy atom. The molecule has 0 aromatic heterocycles. The number of benzene rings is 2. The smallest absolute Gasteiger partial charge is 0.694 e. The fourth-order valence-corrected chi connectivity index (χ4v) is 11.6. The molecule has 0 unspecified atom stereocenters. The summed E-state index contributed by atoms with van der Waals surface area (Å²) in [6.45, 7) is 21.6. The Balaban J connectivity index is 0. The first-order chi connectivity index (χ1) is 14.3. The van der Waals surface area contributed by atoms with Gasteiger partial charge >= 0.3 is 20.4 Å². The molecule has 0 amide bonds. The van der Waals surface area contributed by atoms with E-state index in [2.05, 4.69) is 79.8 Å². The number of rotatable bonds is 2. The van der Waals surface area contributed by atoms with Gasteiger partial charge in [-0.15, -0.1) is 48.5 Å². The van der Waals surface area contributed by atoms with Crippen molar-refractivity contribution in [3.63, 3.8) is 0 Å². The monoisotopic (exact) mass is 586 g/mol. The van der Waals surface area contributed by atoms with Gasteiger partial charge in [-0.3, -0.25) is 4.55 Å². The average Bonchev–Trinajstić information content (AvgIpc) is 2.57. The van der Waals surface area contributed by atoms with E-state index in [1.54, 1.807) is 0 Å². The average molecular weight is 587 g/mol. The van der Waals surface area contributed by atoms with E-state index in [9.17, 15) is 8.42 Å². The van der Waals surface area contributed by atoms with E-state index in [1.165, 1.54) is 0 Å². The number of hydrogen-bond donors (Lipinski definition) is 1. The molecule has 0 heterocycles. The van der Waals surface area contributed by atoms with Crippen molar-refractivity contribution in [2.24, 2.45) is 0 Å². The molecule has 4 nitrogen and oxygen atoms in total. The minimum absolute atomic E-state index is 0. The van der Waals surface area contributed by atoms with E-state index in [0.717, 1.165) is 16.8 Å². The van der Waals surface area contributed by atoms with Crippen LogP contribution < -0.4 is 0 Å². The Kier molecular flexibility index (Phi) is 14.6. The van der Waals surface area contributed by atoms with Crippen molar-refractivity contribution in [2.75, 3.05) is 13.3 Å². The largest absolute Gasteiger partial charge is 2.00 e. The van der Waals surface area contributed by atoms with Crippen LogP contribution in [0.1, 0.15) is 62.3 Å². The Morgan fingerprint density at radius 1 is 0.818 bits per heavy atom. The van der Waals surface area contributed by atoms with Crippen LogP contribution in [0.25, 0.3) is 16.4 Å². The quantitative estimate of drug-likeness (QED) is 0.168. The standard InChI is InChI=1S/C13H11N.C12H27P.CH4O3S.Pd/c1-14-13-10-6-5-9-12(13)11-7-3-2-4-8-11;1-10(2,3)13(11(4,5)6)12(7,8)9;1-5(2,3)4;/h2-7,9-10H,1H3;1-9H3;1H3,(H,2,3,4);/q-2;;;+2/p+1. The molecule has 0 radical (unpaired) electrons. The van der Waals surface area contributed by atoms with Crippen LogP contribution in [-0.2, 0) is 30.5 Å². The maximum absolute atomic E-state index is 9.19. The van der Waals surface area contributed by atoms with Gasteiger partial charge < -0.3 is 5.32 Å². The Morgan fingerprint density at radius 2 is 1.21 bits per heavy atom. The Hall–Kier alpha value is -0.758. The molecule has 0 atom stereocenters. The van der Waals surface area contributed by atoms with Gasteiger partial charge in [-0.25, -0.2) is 0 Å². The summed E-state index contributed by atoms with van der Waals surface area (Å²) < 4.78 is 25.9. The fourth-order valence-electron chi connectivity index (χ4n) is 4.83. The second-order valence-corrected chi connectivity index (χ2v) is 17.6. The first-order valence-corrected chi connectivity index (χ1v) is 14.1. The van der Waals surface area contributed by atoms with Crippen LogP contribution in [0.5, 0.6) is 0 Å². The molecule has 0 aliphatic carbocycles. The van der Waals surface area contributed by atoms with E-state index in [0.29, 0.717) is 21.7 Å². The third-order valence-electron chi connectivity index (χ3n) is 4.39. The molecular formula is C26H43NO3PPdS+. The molecule has 0 fully saturated rings. The first kappa shape index (κ1) is 34.4. The van der Waals surface area contributed by atoms with Crippen molar-refractivity contribution in [2.45, 2.75) is 77.8 Å². The summed E-state index contributed by atoms with van der Waals surface area (Å²) in [5.74, 6) is 0. The van der Waals surface area contributed by atoms with Crippen molar-refractivity contribution in [1.82, 2.24) is 0 Å². The van der Waals surface area contributed by atoms with Crippen LogP contribution in [0.15, 0.2) is 48.5 Å². The normalized spacial score (nSPS) is 11.9. The molecule has 0 aliphatic rings. The molecule has 0 spiro atoms. The number of para-hydroxylation sites is 1. The Labute approximate surface area is 218 Å². The maximum Gasteiger partial charge on any atom is 2.00 e. The van der Waals surface area contributed by atoms with Gasteiger partial charge in [0.25, 0.3) is 10.1 Å². The molecule has 0 saturated carbocycles. The van der Waals surface area contributed by atoms with Crippen molar-refractivity contribution < 1.29 is 33.4 Å². The van der Waals surface area contributed by atoms with Crippen LogP contribution in [0.2, 0.25) is 0 Å². The third kappa shape index (κ3) is 15.0. The van der Waals surface area contributed by atoms with E-state index >= 15 is 0 Å². The second-order valence-electron chi connectivity index (χ2n) is 10.9. The molecule has 0 bridgehead atoms. The van der Waals surface area contributed by atoms with E-state index < -0.39 is 18.0 Å². The zero-order chi connectivity index (χ0) is 25.4. The number of nitrogens with zero attached hydrogens (tertiary/aromatic N) is 1. The summed E-state index contributed by atoms with van der Waals surface area (Å²) >= 11 is 0. The van der Waals surface area contributed by atoms with Crippen molar-refractivity contribution in [3.8, 4) is 11.1 Å². The minimum atomic E-state index is -3.67. The Bertz CT molecular complexity index is 872. The zero-order valence-electron chi connectivity index (χ0n) is 22.1. The topological polar surface area (TPSA) is 68.5 Å². The molecule has 0 aliphatic heterocycles. The first-order valence-electron chi connectivity index (χ1n) is 10.7. The number of hydrogen-bond acceptors (Lipinski definition) is 2. The van der Waals surface area contributed by atoms with E-state index in [4.69, 9.17) is 4.55 Å². The predicted octanol–water partition coefficient (Wildman–Crippen LogP) is 7.89. The van der Waals surface area contributed by atoms with Crippen LogP contribution in [0.3, 0.4) is 0 Å². The molecule has 7 heteroatoms. The molecule has 190 valence electrons. The summed E-state index contributed by atoms with van der Waals surface area (Å²) in [7, 11) is -2.25. The maximum atomic E-state index is 9.19. The molecular weight excluding hydrogens is 544 g/mol. The fraction of sp³-hybridized carbons (Fsp3) is 0.538. The molecule has 2 rings (SSSR count). The molecule has 2 aromatic carbocycles. The molecule has 2 aromatic rings. The van der Waals surface area contributed by atoms with E-state index in [-0.39, 0.29) is 20.4 Å².